The molecule has 0 aliphatic rings. The van der Waals surface area contributed by atoms with Gasteiger partial charge in [-0.15, -0.1) is 0 Å². The first-order valence-corrected chi connectivity index (χ1v) is 6.02. The summed E-state index contributed by atoms with van der Waals surface area (Å²) >= 11 is 0. The number of Topliss-reactive ketones (excluding diaryl/α,β-unsaturated/α-hetero) is 1. The Morgan fingerprint density at radius 2 is 2.11 bits per heavy atom. The molecule has 1 atom stereocenters. The molecule has 0 aliphatic heterocycles. The number of ketones is 1. The first-order valence-electron chi connectivity index (χ1n) is 6.02. The van der Waals surface area contributed by atoms with Crippen LogP contribution in [-0.4, -0.2) is 20.7 Å². The Morgan fingerprint density at radius 3 is 2.78 bits per heavy atom. The van der Waals surface area contributed by atoms with Gasteiger partial charge in [-0.05, 0) is 12.0 Å². The molecular formula is C14H16N2O2. The number of hydrogen-bond donors (Lipinski definition) is 1. The summed E-state index contributed by atoms with van der Waals surface area (Å²) in [4.78, 5) is 12.1. The summed E-state index contributed by atoms with van der Waals surface area (Å²) < 4.78 is 1.71. The first-order chi connectivity index (χ1) is 8.72. The number of hydrogen-bond acceptors (Lipinski definition) is 3. The van der Waals surface area contributed by atoms with E-state index in [-0.39, 0.29) is 5.78 Å². The van der Waals surface area contributed by atoms with Crippen molar-refractivity contribution >= 4 is 5.78 Å². The maximum absolute atomic E-state index is 12.1. The Balaban J connectivity index is 2.15. The summed E-state index contributed by atoms with van der Waals surface area (Å²) in [5, 5.41) is 14.1. The van der Waals surface area contributed by atoms with Gasteiger partial charge >= 0.3 is 0 Å². The van der Waals surface area contributed by atoms with E-state index in [1.165, 1.54) is 6.20 Å². The highest BCUT2D eigenvalue weighted by atomic mass is 16.3. The van der Waals surface area contributed by atoms with Crippen molar-refractivity contribution in [1.29, 1.82) is 0 Å². The van der Waals surface area contributed by atoms with Crippen molar-refractivity contribution in [2.24, 2.45) is 0 Å². The van der Waals surface area contributed by atoms with E-state index in [2.05, 4.69) is 5.10 Å². The van der Waals surface area contributed by atoms with Gasteiger partial charge in [-0.25, -0.2) is 0 Å². The molecule has 1 heterocycles. The van der Waals surface area contributed by atoms with Crippen molar-refractivity contribution in [2.75, 3.05) is 0 Å². The highest BCUT2D eigenvalue weighted by Crippen LogP contribution is 2.17. The molecule has 18 heavy (non-hydrogen) atoms. The van der Waals surface area contributed by atoms with Crippen LogP contribution in [0.25, 0.3) is 0 Å². The fourth-order valence-corrected chi connectivity index (χ4v) is 1.79. The van der Waals surface area contributed by atoms with Crippen molar-refractivity contribution in [3.63, 3.8) is 0 Å². The van der Waals surface area contributed by atoms with Crippen LogP contribution in [0, 0.1) is 0 Å². The molecule has 0 saturated heterocycles. The lowest BCUT2D eigenvalue weighted by Crippen LogP contribution is -2.11. The van der Waals surface area contributed by atoms with Crippen LogP contribution in [0.5, 0.6) is 0 Å². The Hall–Kier alpha value is -1.94. The summed E-state index contributed by atoms with van der Waals surface area (Å²) in [6.45, 7) is 2.82. The second-order valence-corrected chi connectivity index (χ2v) is 4.17. The lowest BCUT2D eigenvalue weighted by atomic mass is 10.0. The molecule has 4 nitrogen and oxygen atoms in total. The first kappa shape index (κ1) is 12.5. The van der Waals surface area contributed by atoms with Gasteiger partial charge in [0.15, 0.2) is 5.78 Å². The van der Waals surface area contributed by atoms with Gasteiger partial charge in [0.05, 0.1) is 11.8 Å². The molecule has 1 aromatic heterocycles. The van der Waals surface area contributed by atoms with Gasteiger partial charge in [0.1, 0.15) is 6.10 Å². The second-order valence-electron chi connectivity index (χ2n) is 4.17. The van der Waals surface area contributed by atoms with Crippen LogP contribution in [-0.2, 0) is 6.54 Å². The van der Waals surface area contributed by atoms with E-state index in [1.54, 1.807) is 35.1 Å². The zero-order chi connectivity index (χ0) is 13.0. The quantitative estimate of drug-likeness (QED) is 0.820. The molecule has 0 fully saturated rings. The van der Waals surface area contributed by atoms with E-state index >= 15 is 0 Å². The zero-order valence-electron chi connectivity index (χ0n) is 10.3. The van der Waals surface area contributed by atoms with Gasteiger partial charge in [-0.3, -0.25) is 9.48 Å². The van der Waals surface area contributed by atoms with Gasteiger partial charge in [-0.2, -0.15) is 5.10 Å². The smallest absolute Gasteiger partial charge is 0.198 e. The molecule has 0 radical (unpaired) electrons. The number of aryl methyl sites for hydroxylation is 1. The highest BCUT2D eigenvalue weighted by Gasteiger charge is 2.20. The maximum Gasteiger partial charge on any atom is 0.198 e. The highest BCUT2D eigenvalue weighted by molar-refractivity contribution is 5.99. The van der Waals surface area contributed by atoms with E-state index in [9.17, 15) is 9.90 Å². The largest absolute Gasteiger partial charge is 0.380 e. The number of rotatable bonds is 5. The number of nitrogens with zero attached hydrogens (tertiary/aromatic N) is 2. The van der Waals surface area contributed by atoms with Crippen molar-refractivity contribution in [3.05, 3.63) is 53.9 Å². The Kier molecular flexibility index (Phi) is 3.89. The van der Waals surface area contributed by atoms with E-state index in [4.69, 9.17) is 0 Å². The molecule has 94 valence electrons. The Morgan fingerprint density at radius 1 is 1.39 bits per heavy atom. The zero-order valence-corrected chi connectivity index (χ0v) is 10.3. The summed E-state index contributed by atoms with van der Waals surface area (Å²) in [5.74, 6) is -0.316. The van der Waals surface area contributed by atoms with E-state index in [1.807, 2.05) is 13.0 Å². The third-order valence-corrected chi connectivity index (χ3v) is 2.73. The second kappa shape index (κ2) is 5.60. The van der Waals surface area contributed by atoms with E-state index in [0.717, 1.165) is 13.0 Å². The molecule has 0 bridgehead atoms. The summed E-state index contributed by atoms with van der Waals surface area (Å²) in [5.41, 5.74) is 1.05. The van der Waals surface area contributed by atoms with Crippen LogP contribution in [0.2, 0.25) is 0 Å². The Bertz CT molecular complexity index is 520. The van der Waals surface area contributed by atoms with Crippen LogP contribution in [0.1, 0.15) is 35.4 Å². The third-order valence-electron chi connectivity index (χ3n) is 2.73. The number of aromatic nitrogens is 2. The third kappa shape index (κ3) is 2.65. The minimum absolute atomic E-state index is 0.316. The molecule has 0 amide bonds. The topological polar surface area (TPSA) is 55.1 Å². The lowest BCUT2D eigenvalue weighted by Gasteiger charge is -2.07. The Labute approximate surface area is 106 Å². The molecule has 2 aromatic rings. The van der Waals surface area contributed by atoms with Crippen molar-refractivity contribution in [1.82, 2.24) is 9.78 Å². The predicted molar refractivity (Wildman–Crippen MR) is 68.3 cm³/mol. The van der Waals surface area contributed by atoms with Gasteiger partial charge in [0.2, 0.25) is 0 Å². The number of carbonyl (C=O) groups is 1. The van der Waals surface area contributed by atoms with E-state index < -0.39 is 6.10 Å². The fraction of sp³-hybridized carbons (Fsp3) is 0.286. The predicted octanol–water partition coefficient (Wildman–Crippen LogP) is 2.21. The van der Waals surface area contributed by atoms with Crippen LogP contribution in [0.4, 0.5) is 0 Å². The summed E-state index contributed by atoms with van der Waals surface area (Å²) in [6, 6.07) is 8.91. The average Bonchev–Trinajstić information content (AvgIpc) is 2.87. The van der Waals surface area contributed by atoms with Crippen molar-refractivity contribution in [2.45, 2.75) is 26.0 Å². The number of aliphatic hydroxyl groups is 1. The molecule has 0 saturated carbocycles. The molecule has 2 rings (SSSR count). The summed E-state index contributed by atoms with van der Waals surface area (Å²) in [6.07, 6.45) is 3.02. The number of carbonyl (C=O) groups excluding carboxylic acids is 1. The van der Waals surface area contributed by atoms with Crippen molar-refractivity contribution in [3.8, 4) is 0 Å². The number of aliphatic hydroxyl groups excluding tert-OH is 1. The van der Waals surface area contributed by atoms with Gasteiger partial charge < -0.3 is 5.11 Å². The van der Waals surface area contributed by atoms with Gasteiger partial charge in [0.25, 0.3) is 0 Å². The average molecular weight is 244 g/mol. The molecule has 0 aliphatic carbocycles. The van der Waals surface area contributed by atoms with Crippen LogP contribution < -0.4 is 0 Å². The standard InChI is InChI=1S/C14H16N2O2/c1-2-8-16-10-12(9-15-16)14(18)13(17)11-6-4-3-5-7-11/h3-7,9-10,13,17H,2,8H2,1H3. The molecular weight excluding hydrogens is 228 g/mol. The van der Waals surface area contributed by atoms with Gasteiger partial charge in [-0.1, -0.05) is 37.3 Å². The SMILES string of the molecule is CCCn1cc(C(=O)C(O)c2ccccc2)cn1. The van der Waals surface area contributed by atoms with Crippen LogP contribution in [0.3, 0.4) is 0 Å². The molecule has 1 unspecified atom stereocenters. The fourth-order valence-electron chi connectivity index (χ4n) is 1.79. The molecule has 0 spiro atoms. The van der Waals surface area contributed by atoms with Crippen LogP contribution >= 0.6 is 0 Å². The molecule has 1 N–H and O–H groups in total. The van der Waals surface area contributed by atoms with Gasteiger partial charge in [0, 0.05) is 12.7 Å². The van der Waals surface area contributed by atoms with E-state index in [0.29, 0.717) is 11.1 Å². The summed E-state index contributed by atoms with van der Waals surface area (Å²) in [7, 11) is 0. The molecule has 4 heteroatoms. The minimum atomic E-state index is -1.12. The minimum Gasteiger partial charge on any atom is -0.380 e. The maximum atomic E-state index is 12.1. The van der Waals surface area contributed by atoms with Crippen LogP contribution in [0.15, 0.2) is 42.7 Å². The molecule has 1 aromatic carbocycles. The monoisotopic (exact) mass is 244 g/mol. The lowest BCUT2D eigenvalue weighted by molar-refractivity contribution is 0.0747. The normalized spacial score (nSPS) is 12.3. The number of benzene rings is 1. The van der Waals surface area contributed by atoms with Crippen molar-refractivity contribution < 1.29 is 9.90 Å².